The Morgan fingerprint density at radius 2 is 1.48 bits per heavy atom. The van der Waals surface area contributed by atoms with Crippen LogP contribution in [0, 0.1) is 0 Å². The second-order valence-electron chi connectivity index (χ2n) is 7.31. The average molecular weight is 384 g/mol. The number of anilines is 1. The molecular weight excluding hydrogens is 354 g/mol. The number of likely N-dealkylation sites (N-methyl/N-ethyl adjacent to an activating group) is 1. The molecule has 0 aliphatic heterocycles. The van der Waals surface area contributed by atoms with Crippen molar-refractivity contribution in [3.8, 4) is 0 Å². The maximum absolute atomic E-state index is 4.57. The van der Waals surface area contributed by atoms with Crippen molar-refractivity contribution < 1.29 is 0 Å². The van der Waals surface area contributed by atoms with Gasteiger partial charge in [-0.3, -0.25) is 0 Å². The molecule has 3 rings (SSSR count). The molecule has 148 valence electrons. The zero-order valence-corrected chi connectivity index (χ0v) is 17.3. The molecule has 0 radical (unpaired) electrons. The van der Waals surface area contributed by atoms with E-state index in [1.54, 1.807) is 0 Å². The van der Waals surface area contributed by atoms with Gasteiger partial charge in [-0.2, -0.15) is 0 Å². The number of nitrogens with one attached hydrogen (secondary N) is 1. The highest BCUT2D eigenvalue weighted by atomic mass is 15.1. The van der Waals surface area contributed by atoms with E-state index in [2.05, 4.69) is 83.4 Å². The minimum absolute atomic E-state index is 0.758. The monoisotopic (exact) mass is 383 g/mol. The number of hydrogen-bond donors (Lipinski definition) is 1. The summed E-state index contributed by atoms with van der Waals surface area (Å²) in [6, 6.07) is 29.2. The first-order valence-electron chi connectivity index (χ1n) is 9.98. The normalized spacial score (nSPS) is 11.5. The van der Waals surface area contributed by atoms with Crippen LogP contribution in [0.4, 0.5) is 5.69 Å². The van der Waals surface area contributed by atoms with E-state index >= 15 is 0 Å². The zero-order chi connectivity index (χ0) is 20.5. The summed E-state index contributed by atoms with van der Waals surface area (Å²) in [6.07, 6.45) is 1.03. The van der Waals surface area contributed by atoms with Crippen molar-refractivity contribution in [2.75, 3.05) is 18.9 Å². The van der Waals surface area contributed by atoms with Gasteiger partial charge in [-0.25, -0.2) is 4.99 Å². The summed E-state index contributed by atoms with van der Waals surface area (Å²) < 4.78 is 0. The lowest BCUT2D eigenvalue weighted by Gasteiger charge is -2.17. The van der Waals surface area contributed by atoms with E-state index in [0.717, 1.165) is 42.3 Å². The standard InChI is InChI=1S/C26H29N3/c1-21(25-12-8-5-9-13-25)27-22(2)28-26-16-14-23(15-17-26)18-19-29(3)20-24-10-6-4-7-11-24/h4-17H,1,18-20H2,2-3H3,(H,27,28). The van der Waals surface area contributed by atoms with Crippen molar-refractivity contribution in [2.24, 2.45) is 4.99 Å². The predicted octanol–water partition coefficient (Wildman–Crippen LogP) is 5.86. The first-order chi connectivity index (χ1) is 14.1. The zero-order valence-electron chi connectivity index (χ0n) is 17.3. The molecule has 0 amide bonds. The number of hydrogen-bond acceptors (Lipinski definition) is 2. The van der Waals surface area contributed by atoms with Crippen molar-refractivity contribution in [3.05, 3.63) is 108 Å². The molecule has 0 aliphatic carbocycles. The van der Waals surface area contributed by atoms with Crippen molar-refractivity contribution >= 4 is 17.2 Å². The van der Waals surface area contributed by atoms with Gasteiger partial charge in [-0.05, 0) is 49.2 Å². The first kappa shape index (κ1) is 20.6. The third-order valence-corrected chi connectivity index (χ3v) is 4.77. The smallest absolute Gasteiger partial charge is 0.103 e. The third-order valence-electron chi connectivity index (χ3n) is 4.77. The largest absolute Gasteiger partial charge is 0.344 e. The molecular formula is C26H29N3. The Kier molecular flexibility index (Phi) is 7.37. The van der Waals surface area contributed by atoms with Gasteiger partial charge >= 0.3 is 0 Å². The minimum atomic E-state index is 0.758. The minimum Gasteiger partial charge on any atom is -0.344 e. The van der Waals surface area contributed by atoms with Crippen LogP contribution in [-0.4, -0.2) is 24.3 Å². The summed E-state index contributed by atoms with van der Waals surface area (Å²) in [4.78, 5) is 6.92. The van der Waals surface area contributed by atoms with Gasteiger partial charge in [0.15, 0.2) is 0 Å². The molecule has 0 atom stereocenters. The molecule has 0 fully saturated rings. The van der Waals surface area contributed by atoms with E-state index in [0.29, 0.717) is 0 Å². The van der Waals surface area contributed by atoms with Crippen molar-refractivity contribution in [3.63, 3.8) is 0 Å². The van der Waals surface area contributed by atoms with Crippen LogP contribution in [-0.2, 0) is 13.0 Å². The van der Waals surface area contributed by atoms with E-state index in [4.69, 9.17) is 0 Å². The summed E-state index contributed by atoms with van der Waals surface area (Å²) in [5.41, 5.74) is 5.51. The molecule has 0 spiro atoms. The lowest BCUT2D eigenvalue weighted by atomic mass is 10.1. The van der Waals surface area contributed by atoms with E-state index in [-0.39, 0.29) is 0 Å². The van der Waals surface area contributed by atoms with Gasteiger partial charge in [0, 0.05) is 18.8 Å². The van der Waals surface area contributed by atoms with E-state index in [1.807, 2.05) is 37.3 Å². The molecule has 3 nitrogen and oxygen atoms in total. The molecule has 3 heteroatoms. The molecule has 0 aromatic heterocycles. The fraction of sp³-hybridized carbons (Fsp3) is 0.192. The molecule has 0 unspecified atom stereocenters. The van der Waals surface area contributed by atoms with Crippen LogP contribution in [0.5, 0.6) is 0 Å². The molecule has 0 saturated heterocycles. The number of aliphatic imine (C=N–C) groups is 1. The second kappa shape index (κ2) is 10.4. The third kappa shape index (κ3) is 6.74. The summed E-state index contributed by atoms with van der Waals surface area (Å²) in [5.74, 6) is 0.828. The van der Waals surface area contributed by atoms with Crippen molar-refractivity contribution in [2.45, 2.75) is 19.9 Å². The fourth-order valence-electron chi connectivity index (χ4n) is 3.18. The number of nitrogens with zero attached hydrogens (tertiary/aromatic N) is 2. The van der Waals surface area contributed by atoms with E-state index < -0.39 is 0 Å². The van der Waals surface area contributed by atoms with Crippen LogP contribution < -0.4 is 5.32 Å². The van der Waals surface area contributed by atoms with Gasteiger partial charge in [0.2, 0.25) is 0 Å². The molecule has 0 saturated carbocycles. The highest BCUT2D eigenvalue weighted by molar-refractivity contribution is 5.96. The summed E-state index contributed by atoms with van der Waals surface area (Å²) in [5, 5.41) is 3.35. The Morgan fingerprint density at radius 1 is 0.862 bits per heavy atom. The Bertz CT molecular complexity index is 929. The highest BCUT2D eigenvalue weighted by Crippen LogP contribution is 2.15. The lowest BCUT2D eigenvalue weighted by Crippen LogP contribution is -2.20. The number of rotatable bonds is 8. The Hall–Kier alpha value is -3.17. The van der Waals surface area contributed by atoms with Crippen molar-refractivity contribution in [1.29, 1.82) is 0 Å². The molecule has 29 heavy (non-hydrogen) atoms. The summed E-state index contributed by atoms with van der Waals surface area (Å²) >= 11 is 0. The van der Waals surface area contributed by atoms with Crippen LogP contribution in [0.25, 0.3) is 5.70 Å². The molecule has 0 bridgehead atoms. The lowest BCUT2D eigenvalue weighted by molar-refractivity contribution is 0.331. The maximum atomic E-state index is 4.57. The van der Waals surface area contributed by atoms with Crippen LogP contribution in [0.3, 0.4) is 0 Å². The Balaban J connectivity index is 1.49. The quantitative estimate of drug-likeness (QED) is 0.389. The topological polar surface area (TPSA) is 27.6 Å². The van der Waals surface area contributed by atoms with Gasteiger partial charge in [0.1, 0.15) is 5.84 Å². The first-order valence-corrected chi connectivity index (χ1v) is 9.98. The van der Waals surface area contributed by atoms with Gasteiger partial charge < -0.3 is 10.2 Å². The van der Waals surface area contributed by atoms with Crippen LogP contribution in [0.2, 0.25) is 0 Å². The highest BCUT2D eigenvalue weighted by Gasteiger charge is 2.02. The number of benzene rings is 3. The van der Waals surface area contributed by atoms with E-state index in [1.165, 1.54) is 11.1 Å². The summed E-state index contributed by atoms with van der Waals surface area (Å²) in [7, 11) is 2.17. The average Bonchev–Trinajstić information content (AvgIpc) is 2.74. The molecule has 1 N–H and O–H groups in total. The maximum Gasteiger partial charge on any atom is 0.103 e. The SMILES string of the molecule is C=C(/N=C(\C)Nc1ccc(CCN(C)Cc2ccccc2)cc1)c1ccccc1. The Morgan fingerprint density at radius 3 is 2.14 bits per heavy atom. The Labute approximate surface area is 174 Å². The second-order valence-corrected chi connectivity index (χ2v) is 7.31. The van der Waals surface area contributed by atoms with Gasteiger partial charge in [-0.1, -0.05) is 79.4 Å². The van der Waals surface area contributed by atoms with Gasteiger partial charge in [-0.15, -0.1) is 0 Å². The fourth-order valence-corrected chi connectivity index (χ4v) is 3.18. The van der Waals surface area contributed by atoms with Crippen LogP contribution in [0.1, 0.15) is 23.6 Å². The molecule has 3 aromatic carbocycles. The van der Waals surface area contributed by atoms with E-state index in [9.17, 15) is 0 Å². The van der Waals surface area contributed by atoms with Gasteiger partial charge in [0.05, 0.1) is 5.70 Å². The molecule has 0 heterocycles. The molecule has 3 aromatic rings. The predicted molar refractivity (Wildman–Crippen MR) is 125 cm³/mol. The van der Waals surface area contributed by atoms with Crippen LogP contribution in [0.15, 0.2) is 96.5 Å². The number of amidine groups is 1. The van der Waals surface area contributed by atoms with Gasteiger partial charge in [0.25, 0.3) is 0 Å². The van der Waals surface area contributed by atoms with Crippen molar-refractivity contribution in [1.82, 2.24) is 4.90 Å². The summed E-state index contributed by atoms with van der Waals surface area (Å²) in [6.45, 7) is 8.02. The molecule has 0 aliphatic rings. The van der Waals surface area contributed by atoms with Crippen LogP contribution >= 0.6 is 0 Å².